The lowest BCUT2D eigenvalue weighted by atomic mass is 9.72. The number of nitrogens with zero attached hydrogens (tertiary/aromatic N) is 2. The van der Waals surface area contributed by atoms with Crippen LogP contribution in [0.1, 0.15) is 56.9 Å². The van der Waals surface area contributed by atoms with Gasteiger partial charge in [-0.15, -0.1) is 0 Å². The number of ether oxygens (including phenoxy) is 1. The highest BCUT2D eigenvalue weighted by molar-refractivity contribution is 5.89. The molecule has 1 aromatic carbocycles. The number of hydrogen-bond acceptors (Lipinski definition) is 3. The molecule has 1 aromatic rings. The molecule has 4 aliphatic rings. The fraction of sp³-hybridized carbons (Fsp3) is 0.692. The van der Waals surface area contributed by atoms with Gasteiger partial charge in [0.2, 0.25) is 5.91 Å². The number of nitrogens with one attached hydrogen (secondary N) is 1. The number of urea groups is 1. The SMILES string of the molecule is O=C(NCC1CN(C(=O)C2(c3ccccc3)CCCC2)CC12CCOCC2)N1CCCC1. The van der Waals surface area contributed by atoms with E-state index >= 15 is 0 Å². The minimum absolute atomic E-state index is 0.0582. The Balaban J connectivity index is 1.34. The highest BCUT2D eigenvalue weighted by Crippen LogP contribution is 2.48. The first-order chi connectivity index (χ1) is 15.6. The first kappa shape index (κ1) is 21.7. The second-order valence-electron chi connectivity index (χ2n) is 10.4. The van der Waals surface area contributed by atoms with Crippen molar-refractivity contribution in [3.63, 3.8) is 0 Å². The van der Waals surface area contributed by atoms with Crippen LogP contribution in [0.5, 0.6) is 0 Å². The summed E-state index contributed by atoms with van der Waals surface area (Å²) in [7, 11) is 0. The van der Waals surface area contributed by atoms with Crippen molar-refractivity contribution < 1.29 is 14.3 Å². The zero-order valence-electron chi connectivity index (χ0n) is 19.2. The number of likely N-dealkylation sites (tertiary alicyclic amines) is 2. The van der Waals surface area contributed by atoms with Gasteiger partial charge in [0.1, 0.15) is 0 Å². The average molecular weight is 440 g/mol. The quantitative estimate of drug-likeness (QED) is 0.780. The lowest BCUT2D eigenvalue weighted by Gasteiger charge is -2.38. The Hall–Kier alpha value is -2.08. The summed E-state index contributed by atoms with van der Waals surface area (Å²) < 4.78 is 5.70. The van der Waals surface area contributed by atoms with E-state index in [1.807, 2.05) is 11.0 Å². The lowest BCUT2D eigenvalue weighted by molar-refractivity contribution is -0.137. The van der Waals surface area contributed by atoms with Crippen LogP contribution in [0.15, 0.2) is 30.3 Å². The van der Waals surface area contributed by atoms with Crippen molar-refractivity contribution in [2.24, 2.45) is 11.3 Å². The Morgan fingerprint density at radius 2 is 1.62 bits per heavy atom. The molecule has 3 heterocycles. The molecule has 32 heavy (non-hydrogen) atoms. The first-order valence-corrected chi connectivity index (χ1v) is 12.6. The van der Waals surface area contributed by atoms with Gasteiger partial charge in [-0.1, -0.05) is 43.2 Å². The topological polar surface area (TPSA) is 61.9 Å². The van der Waals surface area contributed by atoms with E-state index in [1.54, 1.807) is 0 Å². The van der Waals surface area contributed by atoms with Gasteiger partial charge in [-0.25, -0.2) is 4.79 Å². The molecule has 0 radical (unpaired) electrons. The maximum absolute atomic E-state index is 14.1. The molecule has 3 saturated heterocycles. The molecule has 0 aromatic heterocycles. The summed E-state index contributed by atoms with van der Waals surface area (Å²) in [5.74, 6) is 0.594. The lowest BCUT2D eigenvalue weighted by Crippen LogP contribution is -2.46. The van der Waals surface area contributed by atoms with Crippen LogP contribution in [-0.2, 0) is 14.9 Å². The van der Waals surface area contributed by atoms with Crippen molar-refractivity contribution in [1.29, 1.82) is 0 Å². The smallest absolute Gasteiger partial charge is 0.317 e. The summed E-state index contributed by atoms with van der Waals surface area (Å²) in [4.78, 5) is 30.8. The van der Waals surface area contributed by atoms with Crippen molar-refractivity contribution in [1.82, 2.24) is 15.1 Å². The molecule has 4 fully saturated rings. The van der Waals surface area contributed by atoms with E-state index in [4.69, 9.17) is 4.74 Å². The predicted octanol–water partition coefficient (Wildman–Crippen LogP) is 3.56. The molecule has 6 heteroatoms. The Morgan fingerprint density at radius 1 is 0.938 bits per heavy atom. The van der Waals surface area contributed by atoms with Crippen LogP contribution in [0.2, 0.25) is 0 Å². The van der Waals surface area contributed by atoms with E-state index in [1.165, 1.54) is 5.56 Å². The number of amides is 3. The van der Waals surface area contributed by atoms with E-state index < -0.39 is 0 Å². The molecular weight excluding hydrogens is 402 g/mol. The number of benzene rings is 1. The van der Waals surface area contributed by atoms with Gasteiger partial charge in [0.05, 0.1) is 5.41 Å². The average Bonchev–Trinajstić information content (AvgIpc) is 3.59. The molecule has 1 spiro atoms. The summed E-state index contributed by atoms with van der Waals surface area (Å²) >= 11 is 0. The zero-order chi connectivity index (χ0) is 22.0. The van der Waals surface area contributed by atoms with Crippen LogP contribution in [0.3, 0.4) is 0 Å². The van der Waals surface area contributed by atoms with Crippen molar-refractivity contribution in [3.8, 4) is 0 Å². The largest absolute Gasteiger partial charge is 0.381 e. The summed E-state index contributed by atoms with van der Waals surface area (Å²) in [6.07, 6.45) is 8.26. The Kier molecular flexibility index (Phi) is 6.15. The predicted molar refractivity (Wildman–Crippen MR) is 123 cm³/mol. The maximum Gasteiger partial charge on any atom is 0.317 e. The highest BCUT2D eigenvalue weighted by Gasteiger charge is 2.53. The van der Waals surface area contributed by atoms with Gasteiger partial charge in [0.15, 0.2) is 0 Å². The Morgan fingerprint density at radius 3 is 2.31 bits per heavy atom. The fourth-order valence-corrected chi connectivity index (χ4v) is 6.72. The van der Waals surface area contributed by atoms with Gasteiger partial charge >= 0.3 is 6.03 Å². The summed E-state index contributed by atoms with van der Waals surface area (Å²) in [5, 5.41) is 3.22. The monoisotopic (exact) mass is 439 g/mol. The highest BCUT2D eigenvalue weighted by atomic mass is 16.5. The molecule has 1 saturated carbocycles. The summed E-state index contributed by atoms with van der Waals surface area (Å²) in [5.41, 5.74) is 0.860. The van der Waals surface area contributed by atoms with E-state index in [0.29, 0.717) is 12.5 Å². The molecule has 1 N–H and O–H groups in total. The Bertz CT molecular complexity index is 809. The second kappa shape index (κ2) is 9.05. The molecule has 1 atom stereocenters. The molecule has 1 unspecified atom stereocenters. The van der Waals surface area contributed by atoms with Crippen LogP contribution in [0.25, 0.3) is 0 Å². The summed E-state index contributed by atoms with van der Waals surface area (Å²) in [6, 6.07) is 10.5. The van der Waals surface area contributed by atoms with Crippen molar-refractivity contribution in [2.75, 3.05) is 45.9 Å². The number of carbonyl (C=O) groups excluding carboxylic acids is 2. The summed E-state index contributed by atoms with van der Waals surface area (Å²) in [6.45, 7) is 5.42. The molecular formula is C26H37N3O3. The van der Waals surface area contributed by atoms with Crippen LogP contribution in [0.4, 0.5) is 4.79 Å². The number of hydrogen-bond donors (Lipinski definition) is 1. The van der Waals surface area contributed by atoms with Crippen molar-refractivity contribution >= 4 is 11.9 Å². The standard InChI is InChI=1S/C26H37N3O3/c30-23(26(10-4-5-11-26)21-8-2-1-3-9-21)29-19-22(25(20-29)12-16-32-17-13-25)18-27-24(31)28-14-6-7-15-28/h1-3,8-9,22H,4-7,10-20H2,(H,27,31). The molecule has 5 rings (SSSR count). The minimum Gasteiger partial charge on any atom is -0.381 e. The normalized spacial score (nSPS) is 26.6. The van der Waals surface area contributed by atoms with Gasteiger partial charge in [0, 0.05) is 51.9 Å². The maximum atomic E-state index is 14.1. The third-order valence-electron chi connectivity index (χ3n) is 8.67. The first-order valence-electron chi connectivity index (χ1n) is 12.6. The van der Waals surface area contributed by atoms with Crippen molar-refractivity contribution in [2.45, 2.75) is 56.8 Å². The van der Waals surface area contributed by atoms with E-state index in [0.717, 1.165) is 90.8 Å². The van der Waals surface area contributed by atoms with Gasteiger partial charge in [-0.05, 0) is 49.5 Å². The third-order valence-corrected chi connectivity index (χ3v) is 8.67. The Labute approximate surface area is 191 Å². The van der Waals surface area contributed by atoms with Crippen LogP contribution < -0.4 is 5.32 Å². The van der Waals surface area contributed by atoms with Gasteiger partial charge < -0.3 is 19.9 Å². The molecule has 6 nitrogen and oxygen atoms in total. The second-order valence-corrected chi connectivity index (χ2v) is 10.4. The number of rotatable bonds is 4. The van der Waals surface area contributed by atoms with Crippen LogP contribution in [-0.4, -0.2) is 67.7 Å². The molecule has 3 amide bonds. The zero-order valence-corrected chi connectivity index (χ0v) is 19.2. The van der Waals surface area contributed by atoms with E-state index in [9.17, 15) is 9.59 Å². The number of carbonyl (C=O) groups is 2. The molecule has 3 aliphatic heterocycles. The van der Waals surface area contributed by atoms with E-state index in [-0.39, 0.29) is 22.8 Å². The van der Waals surface area contributed by atoms with E-state index in [2.05, 4.69) is 34.5 Å². The van der Waals surface area contributed by atoms with Gasteiger partial charge in [-0.3, -0.25) is 4.79 Å². The molecule has 174 valence electrons. The van der Waals surface area contributed by atoms with Crippen LogP contribution in [0, 0.1) is 11.3 Å². The van der Waals surface area contributed by atoms with Gasteiger partial charge in [0.25, 0.3) is 0 Å². The minimum atomic E-state index is -0.374. The third kappa shape index (κ3) is 3.91. The molecule has 1 aliphatic carbocycles. The molecule has 0 bridgehead atoms. The van der Waals surface area contributed by atoms with Crippen molar-refractivity contribution in [3.05, 3.63) is 35.9 Å². The van der Waals surface area contributed by atoms with Gasteiger partial charge in [-0.2, -0.15) is 0 Å². The van der Waals surface area contributed by atoms with Crippen LogP contribution >= 0.6 is 0 Å². The fourth-order valence-electron chi connectivity index (χ4n) is 6.72.